The molecule has 0 saturated carbocycles. The summed E-state index contributed by atoms with van der Waals surface area (Å²) in [6, 6.07) is 13.2. The monoisotopic (exact) mass is 578 g/mol. The first-order chi connectivity index (χ1) is 17.7. The lowest BCUT2D eigenvalue weighted by Crippen LogP contribution is -2.36. The molecule has 0 saturated heterocycles. The van der Waals surface area contributed by atoms with Crippen LogP contribution in [-0.4, -0.2) is 33.8 Å². The zero-order valence-electron chi connectivity index (χ0n) is 20.4. The minimum Gasteiger partial charge on any atom is -0.426 e. The maximum Gasteiger partial charge on any atom is 0.347 e. The third kappa shape index (κ3) is 10.7. The molecule has 0 bridgehead atoms. The predicted octanol–water partition coefficient (Wildman–Crippen LogP) is 6.60. The second-order valence-corrected chi connectivity index (χ2v) is 12.1. The third-order valence-corrected chi connectivity index (χ3v) is 7.98. The molecule has 0 aliphatic heterocycles. The van der Waals surface area contributed by atoms with Crippen molar-refractivity contribution >= 4 is 73.2 Å². The molecule has 0 aliphatic rings. The zero-order chi connectivity index (χ0) is 27.3. The lowest BCUT2D eigenvalue weighted by Gasteiger charge is -2.19. The van der Waals surface area contributed by atoms with Gasteiger partial charge in [-0.1, -0.05) is 53.4 Å². The average Bonchev–Trinajstić information content (AvgIpc) is 2.88. The number of nitroso groups, excluding NO2 is 1. The van der Waals surface area contributed by atoms with Gasteiger partial charge in [0.2, 0.25) is 5.91 Å². The molecule has 0 unspecified atom stereocenters. The molecule has 0 fully saturated rings. The summed E-state index contributed by atoms with van der Waals surface area (Å²) in [4.78, 5) is 48.6. The van der Waals surface area contributed by atoms with Gasteiger partial charge in [0.05, 0.1) is 11.2 Å². The van der Waals surface area contributed by atoms with Crippen LogP contribution in [0.1, 0.15) is 49.5 Å². The number of carbonyl (C=O) groups excluding carboxylic acids is 3. The van der Waals surface area contributed by atoms with Crippen LogP contribution in [0.5, 0.6) is 11.5 Å². The molecule has 2 aromatic rings. The van der Waals surface area contributed by atoms with Crippen LogP contribution in [0.3, 0.4) is 0 Å². The second kappa shape index (κ2) is 15.6. The topological polar surface area (TPSA) is 111 Å². The van der Waals surface area contributed by atoms with E-state index < -0.39 is 16.7 Å². The Morgan fingerprint density at radius 1 is 1.05 bits per heavy atom. The number of hydrogen-bond acceptors (Lipinski definition) is 11. The van der Waals surface area contributed by atoms with Gasteiger partial charge < -0.3 is 14.8 Å². The largest absolute Gasteiger partial charge is 0.426 e. The Hall–Kier alpha value is -2.67. The fourth-order valence-corrected chi connectivity index (χ4v) is 5.00. The van der Waals surface area contributed by atoms with Gasteiger partial charge in [-0.15, -0.1) is 4.91 Å². The second-order valence-electron chi connectivity index (χ2n) is 8.02. The van der Waals surface area contributed by atoms with Crippen molar-refractivity contribution in [2.75, 3.05) is 6.54 Å². The van der Waals surface area contributed by atoms with Gasteiger partial charge in [0, 0.05) is 39.1 Å². The van der Waals surface area contributed by atoms with E-state index >= 15 is 0 Å². The Morgan fingerprint density at radius 3 is 2.41 bits per heavy atom. The lowest BCUT2D eigenvalue weighted by atomic mass is 10.2. The van der Waals surface area contributed by atoms with E-state index in [4.69, 9.17) is 21.7 Å². The number of rotatable bonds is 14. The molecule has 2 aromatic carbocycles. The molecule has 0 atom stereocenters. The maximum atomic E-state index is 12.8. The van der Waals surface area contributed by atoms with E-state index in [0.717, 1.165) is 22.4 Å². The number of amides is 1. The van der Waals surface area contributed by atoms with Crippen LogP contribution in [0, 0.1) is 4.91 Å². The van der Waals surface area contributed by atoms with Gasteiger partial charge in [-0.25, -0.2) is 4.79 Å². The van der Waals surface area contributed by atoms with Crippen molar-refractivity contribution in [2.45, 2.75) is 38.4 Å². The summed E-state index contributed by atoms with van der Waals surface area (Å²) in [5.41, 5.74) is 1.03. The Labute approximate surface area is 233 Å². The van der Waals surface area contributed by atoms with Crippen LogP contribution in [-0.2, 0) is 9.59 Å². The Kier molecular flexibility index (Phi) is 12.8. The van der Waals surface area contributed by atoms with Crippen molar-refractivity contribution in [3.63, 3.8) is 0 Å². The van der Waals surface area contributed by atoms with Gasteiger partial charge in [0.25, 0.3) is 0 Å². The van der Waals surface area contributed by atoms with Gasteiger partial charge in [0.1, 0.15) is 17.1 Å². The molecule has 8 nitrogen and oxygen atoms in total. The lowest BCUT2D eigenvalue weighted by molar-refractivity contribution is -0.136. The number of benzene rings is 2. The highest BCUT2D eigenvalue weighted by molar-refractivity contribution is 8.85. The molecule has 0 heterocycles. The number of thiocarbonyl (C=S) groups is 1. The van der Waals surface area contributed by atoms with Crippen LogP contribution < -0.4 is 14.8 Å². The highest BCUT2D eigenvalue weighted by atomic mass is 33.1. The van der Waals surface area contributed by atoms with Gasteiger partial charge in [0.15, 0.2) is 0 Å². The molecule has 196 valence electrons. The third-order valence-electron chi connectivity index (χ3n) is 4.67. The Bertz CT molecular complexity index is 1150. The molecule has 2 rings (SSSR count). The fraction of sp³-hybridized carbons (Fsp3) is 0.280. The standard InChI is InChI=1S/C25H26N2O6S4/c1-4-21(36-35-16-34)17-9-11-18(12-10-17)32-24(30)19-7-5-6-8-20(19)33-23(29)14-13-22(28)26-15-25(2,3)37-27-31/h4-12,16H,13-15H2,1-3H3,(H,26,28)/b21-4-. The fourth-order valence-electron chi connectivity index (χ4n) is 2.83. The van der Waals surface area contributed by atoms with E-state index in [9.17, 15) is 19.3 Å². The van der Waals surface area contributed by atoms with E-state index in [0.29, 0.717) is 5.75 Å². The van der Waals surface area contributed by atoms with Crippen molar-refractivity contribution in [1.29, 1.82) is 0 Å². The molecule has 0 aliphatic carbocycles. The Balaban J connectivity index is 1.95. The number of allylic oxidation sites excluding steroid dienone is 1. The summed E-state index contributed by atoms with van der Waals surface area (Å²) in [5.74, 6) is -1.36. The number of nitrogens with zero attached hydrogens (tertiary/aromatic N) is 1. The summed E-state index contributed by atoms with van der Waals surface area (Å²) in [5, 5.41) is 2.66. The maximum absolute atomic E-state index is 12.8. The number of esters is 2. The van der Waals surface area contributed by atoms with Crippen molar-refractivity contribution in [1.82, 2.24) is 5.32 Å². The first-order valence-corrected chi connectivity index (χ1v) is 14.5. The van der Waals surface area contributed by atoms with Crippen LogP contribution in [0.15, 0.2) is 59.2 Å². The first-order valence-electron chi connectivity index (χ1n) is 11.0. The molecule has 0 radical (unpaired) electrons. The molecule has 0 aromatic heterocycles. The number of carbonyl (C=O) groups is 3. The van der Waals surface area contributed by atoms with Crippen molar-refractivity contribution in [3.8, 4) is 11.5 Å². The van der Waals surface area contributed by atoms with E-state index in [1.807, 2.05) is 25.1 Å². The molecule has 1 amide bonds. The SMILES string of the molecule is C/C=C(\SSC=S)c1ccc(OC(=O)c2ccccc2OC(=O)CCC(=O)NCC(C)(C)SN=O)cc1. The van der Waals surface area contributed by atoms with E-state index in [2.05, 4.69) is 9.90 Å². The van der Waals surface area contributed by atoms with Crippen molar-refractivity contribution < 1.29 is 23.9 Å². The van der Waals surface area contributed by atoms with Crippen molar-refractivity contribution in [3.05, 3.63) is 70.6 Å². The number of ether oxygens (including phenoxy) is 2. The van der Waals surface area contributed by atoms with Crippen LogP contribution in [0.2, 0.25) is 0 Å². The van der Waals surface area contributed by atoms with E-state index in [-0.39, 0.29) is 36.6 Å². The Morgan fingerprint density at radius 2 is 1.76 bits per heavy atom. The van der Waals surface area contributed by atoms with E-state index in [1.165, 1.54) is 33.7 Å². The highest BCUT2D eigenvalue weighted by Crippen LogP contribution is 2.36. The van der Waals surface area contributed by atoms with Crippen LogP contribution >= 0.6 is 45.8 Å². The number of nitrogens with one attached hydrogen (secondary N) is 1. The predicted molar refractivity (Wildman–Crippen MR) is 156 cm³/mol. The molecule has 1 N–H and O–H groups in total. The minimum atomic E-state index is -0.686. The van der Waals surface area contributed by atoms with Gasteiger partial charge in [-0.2, -0.15) is 0 Å². The zero-order valence-corrected chi connectivity index (χ0v) is 23.7. The highest BCUT2D eigenvalue weighted by Gasteiger charge is 2.22. The normalized spacial score (nSPS) is 11.4. The van der Waals surface area contributed by atoms with Crippen molar-refractivity contribution in [2.24, 2.45) is 4.58 Å². The number of para-hydroxylation sites is 1. The quantitative estimate of drug-likeness (QED) is 0.0657. The smallest absolute Gasteiger partial charge is 0.347 e. The molecule has 37 heavy (non-hydrogen) atoms. The first kappa shape index (κ1) is 30.6. The summed E-state index contributed by atoms with van der Waals surface area (Å²) in [6.07, 6.45) is 1.67. The summed E-state index contributed by atoms with van der Waals surface area (Å²) in [6.45, 7) is 5.67. The molecular formula is C25H26N2O6S4. The molecular weight excluding hydrogens is 553 g/mol. The van der Waals surface area contributed by atoms with E-state index in [1.54, 1.807) is 42.8 Å². The molecule has 0 spiro atoms. The van der Waals surface area contributed by atoms with Crippen LogP contribution in [0.25, 0.3) is 4.91 Å². The molecule has 12 heteroatoms. The number of hydrogen-bond donors (Lipinski definition) is 1. The summed E-state index contributed by atoms with van der Waals surface area (Å²) in [7, 11) is 2.97. The van der Waals surface area contributed by atoms with Crippen LogP contribution in [0.4, 0.5) is 0 Å². The summed E-state index contributed by atoms with van der Waals surface area (Å²) >= 11 is 5.67. The van der Waals surface area contributed by atoms with Gasteiger partial charge in [-0.3, -0.25) is 9.59 Å². The van der Waals surface area contributed by atoms with Gasteiger partial charge in [-0.05, 0) is 61.4 Å². The van der Waals surface area contributed by atoms with Gasteiger partial charge >= 0.3 is 11.9 Å². The summed E-state index contributed by atoms with van der Waals surface area (Å²) < 4.78 is 14.6. The average molecular weight is 579 g/mol. The minimum absolute atomic E-state index is 0.0360.